The number of thiophene rings is 1. The number of rotatable bonds is 8. The van der Waals surface area contributed by atoms with Crippen molar-refractivity contribution in [2.24, 2.45) is 5.73 Å². The van der Waals surface area contributed by atoms with Crippen molar-refractivity contribution in [3.8, 4) is 27.3 Å². The van der Waals surface area contributed by atoms with Gasteiger partial charge in [-0.15, -0.1) is 11.3 Å². The number of nitrogens with zero attached hydrogens (tertiary/aromatic N) is 1. The van der Waals surface area contributed by atoms with E-state index in [1.807, 2.05) is 44.4 Å². The van der Waals surface area contributed by atoms with Gasteiger partial charge in [0.05, 0.1) is 6.61 Å². The zero-order valence-corrected chi connectivity index (χ0v) is 24.5. The molecular formula is C32H32N4O5S. The van der Waals surface area contributed by atoms with Crippen LogP contribution >= 0.6 is 11.3 Å². The molecule has 0 fully saturated rings. The summed E-state index contributed by atoms with van der Waals surface area (Å²) in [5.41, 5.74) is 11.5. The molecule has 2 aromatic heterocycles. The molecule has 42 heavy (non-hydrogen) atoms. The van der Waals surface area contributed by atoms with E-state index in [0.717, 1.165) is 39.1 Å². The van der Waals surface area contributed by atoms with Gasteiger partial charge >= 0.3 is 5.97 Å². The highest BCUT2D eigenvalue weighted by molar-refractivity contribution is 7.13. The maximum atomic E-state index is 14.1. The molecule has 0 radical (unpaired) electrons. The Bertz CT molecular complexity index is 1690. The highest BCUT2D eigenvalue weighted by Crippen LogP contribution is 2.43. The van der Waals surface area contributed by atoms with Gasteiger partial charge in [-0.1, -0.05) is 19.1 Å². The fourth-order valence-electron chi connectivity index (χ4n) is 5.17. The summed E-state index contributed by atoms with van der Waals surface area (Å²) in [7, 11) is 0. The lowest BCUT2D eigenvalue weighted by molar-refractivity contribution is 0.0691. The van der Waals surface area contributed by atoms with Gasteiger partial charge in [-0.2, -0.15) is 0 Å². The summed E-state index contributed by atoms with van der Waals surface area (Å²) in [5, 5.41) is 17.9. The highest BCUT2D eigenvalue weighted by Gasteiger charge is 2.27. The van der Waals surface area contributed by atoms with Gasteiger partial charge in [0.25, 0.3) is 11.8 Å². The van der Waals surface area contributed by atoms with E-state index in [2.05, 4.69) is 15.6 Å². The standard InChI is InChI=1S/C32H32N4O5S/c1-4-9-34-31(38)25-6-5-21(28(35-25)32(39)40)22-15-26-24(29-20(7-10-41-26)8-11-42-29)14-23(22)30(37)36-27-17(2)12-19(16-33)13-18(27)3/h5-6,8,11-15H,4,7,9-10,16,33H2,1-3H3,(H,34,38)(H,36,37)(H,39,40). The van der Waals surface area contributed by atoms with Crippen molar-refractivity contribution in [2.75, 3.05) is 18.5 Å². The molecular weight excluding hydrogens is 552 g/mol. The van der Waals surface area contributed by atoms with E-state index in [-0.39, 0.29) is 22.5 Å². The maximum absolute atomic E-state index is 14.1. The third-order valence-corrected chi connectivity index (χ3v) is 8.20. The number of hydrogen-bond donors (Lipinski definition) is 4. The molecule has 0 bridgehead atoms. The number of anilines is 1. The molecule has 3 heterocycles. The maximum Gasteiger partial charge on any atom is 0.355 e. The molecule has 0 spiro atoms. The minimum absolute atomic E-state index is 0.0175. The first-order chi connectivity index (χ1) is 20.2. The average Bonchev–Trinajstić information content (AvgIpc) is 3.38. The van der Waals surface area contributed by atoms with E-state index in [0.29, 0.717) is 43.1 Å². The predicted octanol–water partition coefficient (Wildman–Crippen LogP) is 5.58. The number of carboxylic acids is 1. The van der Waals surface area contributed by atoms with Crippen molar-refractivity contribution in [3.05, 3.63) is 87.0 Å². The number of carbonyl (C=O) groups is 3. The van der Waals surface area contributed by atoms with Crippen LogP contribution in [-0.2, 0) is 13.0 Å². The number of aryl methyl sites for hydroxylation is 2. The molecule has 0 unspecified atom stereocenters. The highest BCUT2D eigenvalue weighted by atomic mass is 32.1. The summed E-state index contributed by atoms with van der Waals surface area (Å²) in [4.78, 5) is 44.3. The van der Waals surface area contributed by atoms with Gasteiger partial charge in [-0.05, 0) is 78.2 Å². The number of benzene rings is 2. The van der Waals surface area contributed by atoms with Gasteiger partial charge in [0.15, 0.2) is 5.69 Å². The summed E-state index contributed by atoms with van der Waals surface area (Å²) >= 11 is 1.56. The number of hydrogen-bond acceptors (Lipinski definition) is 7. The molecule has 10 heteroatoms. The molecule has 2 amide bonds. The fraction of sp³-hybridized carbons (Fsp3) is 0.250. The molecule has 0 aliphatic carbocycles. The second-order valence-corrected chi connectivity index (χ2v) is 11.1. The number of carboxylic acid groups (broad SMARTS) is 1. The van der Waals surface area contributed by atoms with Gasteiger partial charge in [-0.25, -0.2) is 9.78 Å². The van der Waals surface area contributed by atoms with Crippen LogP contribution in [0.25, 0.3) is 21.6 Å². The quantitative estimate of drug-likeness (QED) is 0.212. The zero-order chi connectivity index (χ0) is 30.0. The molecule has 5 rings (SSSR count). The molecule has 2 aromatic carbocycles. The second kappa shape index (κ2) is 12.1. The summed E-state index contributed by atoms with van der Waals surface area (Å²) in [6, 6.07) is 12.4. The first kappa shape index (κ1) is 29.0. The Morgan fingerprint density at radius 3 is 2.48 bits per heavy atom. The fourth-order valence-corrected chi connectivity index (χ4v) is 6.15. The molecule has 0 saturated carbocycles. The van der Waals surface area contributed by atoms with Crippen molar-refractivity contribution >= 4 is 34.8 Å². The molecule has 9 nitrogen and oxygen atoms in total. The predicted molar refractivity (Wildman–Crippen MR) is 164 cm³/mol. The first-order valence-corrected chi connectivity index (χ1v) is 14.6. The van der Waals surface area contributed by atoms with E-state index in [1.54, 1.807) is 23.5 Å². The van der Waals surface area contributed by atoms with Gasteiger partial charge in [0, 0.05) is 52.3 Å². The Morgan fingerprint density at radius 1 is 1.02 bits per heavy atom. The lowest BCUT2D eigenvalue weighted by Crippen LogP contribution is -2.25. The Labute approximate surface area is 247 Å². The molecule has 4 aromatic rings. The SMILES string of the molecule is CCCNC(=O)c1ccc(-c2cc3c(cc2C(=O)Nc2c(C)cc(CN)cc2C)-c2sccc2CCO3)c(C(=O)O)n1. The summed E-state index contributed by atoms with van der Waals surface area (Å²) < 4.78 is 6.11. The van der Waals surface area contributed by atoms with Crippen molar-refractivity contribution < 1.29 is 24.2 Å². The number of nitrogens with two attached hydrogens (primary N) is 1. The number of pyridine rings is 1. The van der Waals surface area contributed by atoms with Crippen LogP contribution in [0.5, 0.6) is 5.75 Å². The van der Waals surface area contributed by atoms with Crippen LogP contribution in [0, 0.1) is 13.8 Å². The van der Waals surface area contributed by atoms with Gasteiger partial charge in [0.1, 0.15) is 11.4 Å². The van der Waals surface area contributed by atoms with Gasteiger partial charge in [-0.3, -0.25) is 9.59 Å². The summed E-state index contributed by atoms with van der Waals surface area (Å²) in [6.45, 7) is 6.98. The number of ether oxygens (including phenoxy) is 1. The number of fused-ring (bicyclic) bond motifs is 3. The largest absolute Gasteiger partial charge is 0.493 e. The van der Waals surface area contributed by atoms with Gasteiger partial charge in [0.2, 0.25) is 0 Å². The van der Waals surface area contributed by atoms with Crippen molar-refractivity contribution in [1.82, 2.24) is 10.3 Å². The van der Waals surface area contributed by atoms with Crippen LogP contribution in [0.3, 0.4) is 0 Å². The first-order valence-electron chi connectivity index (χ1n) is 13.7. The second-order valence-electron chi connectivity index (χ2n) is 10.2. The van der Waals surface area contributed by atoms with Crippen LogP contribution in [0.4, 0.5) is 5.69 Å². The minimum atomic E-state index is -1.32. The topological polar surface area (TPSA) is 144 Å². The van der Waals surface area contributed by atoms with Crippen LogP contribution in [0.1, 0.15) is 66.9 Å². The van der Waals surface area contributed by atoms with E-state index < -0.39 is 17.8 Å². The smallest absolute Gasteiger partial charge is 0.355 e. The summed E-state index contributed by atoms with van der Waals surface area (Å²) in [5.74, 6) is -1.65. The monoisotopic (exact) mass is 584 g/mol. The molecule has 0 atom stereocenters. The van der Waals surface area contributed by atoms with E-state index >= 15 is 0 Å². The number of carbonyl (C=O) groups excluding carboxylic acids is 2. The van der Waals surface area contributed by atoms with Gasteiger partial charge < -0.3 is 26.2 Å². The Hall–Kier alpha value is -4.54. The Kier molecular flexibility index (Phi) is 8.37. The van der Waals surface area contributed by atoms with Crippen molar-refractivity contribution in [3.63, 3.8) is 0 Å². The number of aromatic carboxylic acids is 1. The molecule has 1 aliphatic rings. The lowest BCUT2D eigenvalue weighted by atomic mass is 9.93. The third-order valence-electron chi connectivity index (χ3n) is 7.21. The normalized spacial score (nSPS) is 12.0. The minimum Gasteiger partial charge on any atom is -0.493 e. The lowest BCUT2D eigenvalue weighted by Gasteiger charge is -2.18. The van der Waals surface area contributed by atoms with Crippen molar-refractivity contribution in [1.29, 1.82) is 0 Å². The number of aromatic nitrogens is 1. The van der Waals surface area contributed by atoms with Crippen LogP contribution in [0.2, 0.25) is 0 Å². The van der Waals surface area contributed by atoms with Crippen LogP contribution in [0.15, 0.2) is 47.8 Å². The molecule has 5 N–H and O–H groups in total. The van der Waals surface area contributed by atoms with Crippen molar-refractivity contribution in [2.45, 2.75) is 40.2 Å². The van der Waals surface area contributed by atoms with Crippen LogP contribution < -0.4 is 21.1 Å². The van der Waals surface area contributed by atoms with E-state index in [4.69, 9.17) is 10.5 Å². The average molecular weight is 585 g/mol. The third kappa shape index (κ3) is 5.63. The van der Waals surface area contributed by atoms with E-state index in [1.165, 1.54) is 12.1 Å². The Balaban J connectivity index is 1.68. The Morgan fingerprint density at radius 2 is 1.79 bits per heavy atom. The molecule has 0 saturated heterocycles. The van der Waals surface area contributed by atoms with Crippen LogP contribution in [-0.4, -0.2) is 41.0 Å². The summed E-state index contributed by atoms with van der Waals surface area (Å²) in [6.07, 6.45) is 1.43. The number of amides is 2. The molecule has 1 aliphatic heterocycles. The molecule has 216 valence electrons. The zero-order valence-electron chi connectivity index (χ0n) is 23.7. The number of nitrogens with one attached hydrogen (secondary N) is 2. The van der Waals surface area contributed by atoms with E-state index in [9.17, 15) is 19.5 Å².